The van der Waals surface area contributed by atoms with Gasteiger partial charge in [0.2, 0.25) is 0 Å². The Bertz CT molecular complexity index is 422. The first-order chi connectivity index (χ1) is 9.55. The Morgan fingerprint density at radius 1 is 1.35 bits per heavy atom. The van der Waals surface area contributed by atoms with Crippen molar-refractivity contribution < 1.29 is 0 Å². The predicted octanol–water partition coefficient (Wildman–Crippen LogP) is 4.36. The molecule has 0 aromatic carbocycles. The number of piperazine rings is 1. The highest BCUT2D eigenvalue weighted by Crippen LogP contribution is 2.34. The highest BCUT2D eigenvalue weighted by molar-refractivity contribution is 7.12. The van der Waals surface area contributed by atoms with Gasteiger partial charge in [-0.1, -0.05) is 20.8 Å². The topological polar surface area (TPSA) is 15.3 Å². The van der Waals surface area contributed by atoms with Crippen molar-refractivity contribution >= 4 is 11.3 Å². The molecule has 1 aromatic heterocycles. The lowest BCUT2D eigenvalue weighted by molar-refractivity contribution is 0.0411. The average Bonchev–Trinajstić information content (AvgIpc) is 2.92. The molecular formula is C17H30N2S. The van der Waals surface area contributed by atoms with E-state index >= 15 is 0 Å². The summed E-state index contributed by atoms with van der Waals surface area (Å²) in [6, 6.07) is 5.78. The smallest absolute Gasteiger partial charge is 0.0417 e. The van der Waals surface area contributed by atoms with Crippen LogP contribution in [-0.4, -0.2) is 29.6 Å². The van der Waals surface area contributed by atoms with Crippen LogP contribution in [0.25, 0.3) is 0 Å². The van der Waals surface area contributed by atoms with Gasteiger partial charge in [0.25, 0.3) is 0 Å². The molecule has 0 amide bonds. The van der Waals surface area contributed by atoms with E-state index in [4.69, 9.17) is 0 Å². The number of aryl methyl sites for hydroxylation is 1. The minimum atomic E-state index is 0.312. The van der Waals surface area contributed by atoms with Crippen LogP contribution in [0.1, 0.15) is 62.8 Å². The number of nitrogens with one attached hydrogen (secondary N) is 1. The molecule has 1 fully saturated rings. The highest BCUT2D eigenvalue weighted by atomic mass is 32.1. The van der Waals surface area contributed by atoms with Crippen LogP contribution < -0.4 is 5.32 Å². The zero-order valence-electron chi connectivity index (χ0n) is 13.7. The number of hydrogen-bond donors (Lipinski definition) is 1. The molecule has 0 spiro atoms. The average molecular weight is 295 g/mol. The molecule has 1 N–H and O–H groups in total. The lowest BCUT2D eigenvalue weighted by Gasteiger charge is -2.49. The van der Waals surface area contributed by atoms with Gasteiger partial charge in [-0.15, -0.1) is 11.3 Å². The van der Waals surface area contributed by atoms with E-state index in [9.17, 15) is 0 Å². The molecule has 114 valence electrons. The first-order valence-electron chi connectivity index (χ1n) is 8.12. The van der Waals surface area contributed by atoms with Crippen molar-refractivity contribution in [2.24, 2.45) is 0 Å². The van der Waals surface area contributed by atoms with E-state index in [1.54, 1.807) is 0 Å². The Balaban J connectivity index is 2.20. The van der Waals surface area contributed by atoms with E-state index in [1.165, 1.54) is 35.6 Å². The lowest BCUT2D eigenvalue weighted by atomic mass is 9.87. The van der Waals surface area contributed by atoms with E-state index in [0.717, 1.165) is 6.54 Å². The van der Waals surface area contributed by atoms with Gasteiger partial charge < -0.3 is 5.32 Å². The molecule has 1 saturated heterocycles. The van der Waals surface area contributed by atoms with Crippen molar-refractivity contribution in [2.75, 3.05) is 13.1 Å². The minimum Gasteiger partial charge on any atom is -0.308 e. The molecule has 0 saturated carbocycles. The van der Waals surface area contributed by atoms with Gasteiger partial charge in [0.15, 0.2) is 0 Å². The van der Waals surface area contributed by atoms with E-state index in [2.05, 4.69) is 57.0 Å². The summed E-state index contributed by atoms with van der Waals surface area (Å²) in [7, 11) is 0. The van der Waals surface area contributed by atoms with Crippen molar-refractivity contribution in [1.82, 2.24) is 10.2 Å². The van der Waals surface area contributed by atoms with Gasteiger partial charge in [0.05, 0.1) is 0 Å². The van der Waals surface area contributed by atoms with Crippen molar-refractivity contribution in [3.63, 3.8) is 0 Å². The zero-order valence-corrected chi connectivity index (χ0v) is 14.5. The van der Waals surface area contributed by atoms with Crippen molar-refractivity contribution in [1.29, 1.82) is 0 Å². The standard InChI is InChI=1S/C17H30N2S/c1-6-15-11-18-17(7-2,8-3)12-19(15)14(5)16-10-9-13(4)20-16/h9-10,14-15,18H,6-8,11-12H2,1-5H3. The second-order valence-corrected chi connectivity index (χ2v) is 7.55. The van der Waals surface area contributed by atoms with Crippen molar-refractivity contribution in [3.05, 3.63) is 21.9 Å². The summed E-state index contributed by atoms with van der Waals surface area (Å²) in [5.74, 6) is 0. The summed E-state index contributed by atoms with van der Waals surface area (Å²) in [5.41, 5.74) is 0.312. The Morgan fingerprint density at radius 3 is 2.55 bits per heavy atom. The van der Waals surface area contributed by atoms with Gasteiger partial charge in [-0.2, -0.15) is 0 Å². The van der Waals surface area contributed by atoms with Gasteiger partial charge in [-0.25, -0.2) is 0 Å². The monoisotopic (exact) mass is 294 g/mol. The maximum absolute atomic E-state index is 3.84. The quantitative estimate of drug-likeness (QED) is 0.868. The molecule has 2 heterocycles. The molecule has 1 aromatic rings. The summed E-state index contributed by atoms with van der Waals surface area (Å²) in [6.07, 6.45) is 3.66. The summed E-state index contributed by atoms with van der Waals surface area (Å²) >= 11 is 1.96. The second-order valence-electron chi connectivity index (χ2n) is 6.23. The zero-order chi connectivity index (χ0) is 14.8. The van der Waals surface area contributed by atoms with Gasteiger partial charge in [0.1, 0.15) is 0 Å². The third-order valence-corrected chi connectivity index (χ3v) is 6.33. The van der Waals surface area contributed by atoms with Gasteiger partial charge in [-0.3, -0.25) is 4.90 Å². The van der Waals surface area contributed by atoms with E-state index in [1.807, 2.05) is 11.3 Å². The predicted molar refractivity (Wildman–Crippen MR) is 89.6 cm³/mol. The number of rotatable bonds is 5. The Morgan fingerprint density at radius 2 is 2.05 bits per heavy atom. The fourth-order valence-electron chi connectivity index (χ4n) is 3.38. The number of hydrogen-bond acceptors (Lipinski definition) is 3. The highest BCUT2D eigenvalue weighted by Gasteiger charge is 2.38. The summed E-state index contributed by atoms with van der Waals surface area (Å²) in [5, 5.41) is 3.84. The van der Waals surface area contributed by atoms with Gasteiger partial charge in [-0.05, 0) is 45.2 Å². The molecule has 1 aliphatic rings. The van der Waals surface area contributed by atoms with Crippen LogP contribution in [0.5, 0.6) is 0 Å². The molecule has 3 heteroatoms. The molecule has 2 rings (SSSR count). The summed E-state index contributed by atoms with van der Waals surface area (Å²) in [4.78, 5) is 5.69. The third kappa shape index (κ3) is 3.10. The maximum Gasteiger partial charge on any atom is 0.0417 e. The van der Waals surface area contributed by atoms with Crippen LogP contribution in [0.4, 0.5) is 0 Å². The molecule has 2 atom stereocenters. The number of thiophene rings is 1. The van der Waals surface area contributed by atoms with Crippen LogP contribution in [0, 0.1) is 6.92 Å². The Hall–Kier alpha value is -0.380. The van der Waals surface area contributed by atoms with Crippen LogP contribution in [0.15, 0.2) is 12.1 Å². The van der Waals surface area contributed by atoms with E-state index in [-0.39, 0.29) is 0 Å². The van der Waals surface area contributed by atoms with Gasteiger partial charge in [0, 0.05) is 40.5 Å². The third-order valence-electron chi connectivity index (χ3n) is 5.16. The molecule has 0 aliphatic carbocycles. The summed E-state index contributed by atoms with van der Waals surface area (Å²) in [6.45, 7) is 13.9. The van der Waals surface area contributed by atoms with Crippen LogP contribution >= 0.6 is 11.3 Å². The number of nitrogens with zero attached hydrogens (tertiary/aromatic N) is 1. The largest absolute Gasteiger partial charge is 0.308 e. The fourth-order valence-corrected chi connectivity index (χ4v) is 4.33. The molecule has 20 heavy (non-hydrogen) atoms. The van der Waals surface area contributed by atoms with Crippen LogP contribution in [0.2, 0.25) is 0 Å². The van der Waals surface area contributed by atoms with Gasteiger partial charge >= 0.3 is 0 Å². The molecule has 2 unspecified atom stereocenters. The first kappa shape index (κ1) is 16.0. The molecule has 0 radical (unpaired) electrons. The summed E-state index contributed by atoms with van der Waals surface area (Å²) < 4.78 is 0. The first-order valence-corrected chi connectivity index (χ1v) is 8.94. The molecular weight excluding hydrogens is 264 g/mol. The second kappa shape index (κ2) is 6.59. The van der Waals surface area contributed by atoms with E-state index in [0.29, 0.717) is 17.6 Å². The normalized spacial score (nSPS) is 24.8. The lowest BCUT2D eigenvalue weighted by Crippen LogP contribution is -2.63. The molecule has 0 bridgehead atoms. The minimum absolute atomic E-state index is 0.312. The SMILES string of the molecule is CCC1CNC(CC)(CC)CN1C(C)c1ccc(C)s1. The maximum atomic E-state index is 3.84. The van der Waals surface area contributed by atoms with Crippen molar-refractivity contribution in [3.8, 4) is 0 Å². The van der Waals surface area contributed by atoms with Crippen LogP contribution in [0.3, 0.4) is 0 Å². The molecule has 2 nitrogen and oxygen atoms in total. The Labute approximate surface area is 128 Å². The van der Waals surface area contributed by atoms with Crippen LogP contribution in [-0.2, 0) is 0 Å². The van der Waals surface area contributed by atoms with Crippen molar-refractivity contribution in [2.45, 2.75) is 71.5 Å². The fraction of sp³-hybridized carbons (Fsp3) is 0.765. The Kier molecular flexibility index (Phi) is 5.27. The molecule has 1 aliphatic heterocycles. The van der Waals surface area contributed by atoms with E-state index < -0.39 is 0 Å².